The van der Waals surface area contributed by atoms with Gasteiger partial charge in [0.05, 0.1) is 22.3 Å². The number of ketones is 1. The highest BCUT2D eigenvalue weighted by Gasteiger charge is 2.19. The monoisotopic (exact) mass is 409 g/mol. The van der Waals surface area contributed by atoms with Crippen molar-refractivity contribution in [3.63, 3.8) is 0 Å². The van der Waals surface area contributed by atoms with E-state index < -0.39 is 0 Å². The molecule has 0 N–H and O–H groups in total. The van der Waals surface area contributed by atoms with Gasteiger partial charge in [-0.3, -0.25) is 9.59 Å². The Hall–Kier alpha value is -3.90. The van der Waals surface area contributed by atoms with Crippen molar-refractivity contribution in [2.75, 3.05) is 0 Å². The molecule has 0 unspecified atom stereocenters. The van der Waals surface area contributed by atoms with E-state index in [1.165, 1.54) is 11.3 Å². The van der Waals surface area contributed by atoms with Crippen LogP contribution in [0, 0.1) is 0 Å². The average Bonchev–Trinajstić information content (AvgIpc) is 3.49. The molecule has 30 heavy (non-hydrogen) atoms. The average molecular weight is 409 g/mol. The van der Waals surface area contributed by atoms with Crippen molar-refractivity contribution in [3.8, 4) is 22.4 Å². The Labute approximate surface area is 176 Å². The predicted molar refractivity (Wildman–Crippen MR) is 117 cm³/mol. The maximum atomic E-state index is 12.9. The van der Waals surface area contributed by atoms with Crippen LogP contribution in [-0.4, -0.2) is 26.7 Å². The third-order valence-electron chi connectivity index (χ3n) is 4.93. The van der Waals surface area contributed by atoms with E-state index in [4.69, 9.17) is 0 Å². The molecule has 0 aliphatic rings. The molecule has 0 fully saturated rings. The highest BCUT2D eigenvalue weighted by atomic mass is 32.1. The lowest BCUT2D eigenvalue weighted by Crippen LogP contribution is -2.02. The zero-order valence-corrected chi connectivity index (χ0v) is 16.5. The number of nitrogens with zero attached hydrogens (tertiary/aromatic N) is 3. The topological polar surface area (TPSA) is 64.3 Å². The molecule has 0 bridgehead atoms. The summed E-state index contributed by atoms with van der Waals surface area (Å²) in [5.41, 5.74) is 5.10. The van der Waals surface area contributed by atoms with E-state index >= 15 is 0 Å². The van der Waals surface area contributed by atoms with Crippen LogP contribution in [0.1, 0.15) is 25.6 Å². The van der Waals surface area contributed by atoms with E-state index in [0.29, 0.717) is 21.7 Å². The molecule has 0 aliphatic heterocycles. The molecule has 144 valence electrons. The molecule has 0 spiro atoms. The molecule has 3 heterocycles. The maximum Gasteiger partial charge on any atom is 0.208 e. The van der Waals surface area contributed by atoms with E-state index in [9.17, 15) is 9.59 Å². The van der Waals surface area contributed by atoms with Gasteiger partial charge in [0.15, 0.2) is 5.65 Å². The van der Waals surface area contributed by atoms with Crippen molar-refractivity contribution in [3.05, 3.63) is 101 Å². The molecule has 0 saturated heterocycles. The Morgan fingerprint density at radius 1 is 0.967 bits per heavy atom. The standard InChI is InChI=1S/C24H15N3O2S/c28-15-16-8-9-18(17-5-2-1-3-6-17)19(13-16)21-10-11-25-24-20(14-26-27(21)24)23(29)22-7-4-12-30-22/h1-15H. The summed E-state index contributed by atoms with van der Waals surface area (Å²) in [5.74, 6) is -0.102. The van der Waals surface area contributed by atoms with E-state index in [1.807, 2.05) is 60.0 Å². The van der Waals surface area contributed by atoms with Crippen molar-refractivity contribution < 1.29 is 9.59 Å². The molecular formula is C24H15N3O2S. The Kier molecular flexibility index (Phi) is 4.53. The molecule has 5 rings (SSSR count). The quantitative estimate of drug-likeness (QED) is 0.297. The van der Waals surface area contributed by atoms with E-state index in [2.05, 4.69) is 10.1 Å². The molecule has 6 heteroatoms. The van der Waals surface area contributed by atoms with Gasteiger partial charge in [0.2, 0.25) is 5.78 Å². The van der Waals surface area contributed by atoms with E-state index in [0.717, 1.165) is 28.7 Å². The van der Waals surface area contributed by atoms with E-state index in [1.54, 1.807) is 29.0 Å². The van der Waals surface area contributed by atoms with Crippen LogP contribution in [0.4, 0.5) is 0 Å². The number of carbonyl (C=O) groups excluding carboxylic acids is 2. The highest BCUT2D eigenvalue weighted by Crippen LogP contribution is 2.33. The zero-order chi connectivity index (χ0) is 20.5. The number of thiophene rings is 1. The van der Waals surface area contributed by atoms with Gasteiger partial charge in [0.1, 0.15) is 6.29 Å². The largest absolute Gasteiger partial charge is 0.298 e. The molecule has 0 atom stereocenters. The fourth-order valence-corrected chi connectivity index (χ4v) is 4.19. The van der Waals surface area contributed by atoms with Crippen LogP contribution < -0.4 is 0 Å². The summed E-state index contributed by atoms with van der Waals surface area (Å²) >= 11 is 1.39. The van der Waals surface area contributed by atoms with Gasteiger partial charge < -0.3 is 0 Å². The number of hydrogen-bond donors (Lipinski definition) is 0. The minimum atomic E-state index is -0.102. The van der Waals surface area contributed by atoms with Crippen molar-refractivity contribution in [2.24, 2.45) is 0 Å². The number of fused-ring (bicyclic) bond motifs is 1. The van der Waals surface area contributed by atoms with Crippen LogP contribution in [0.15, 0.2) is 84.5 Å². The SMILES string of the molecule is O=Cc1ccc(-c2ccccc2)c(-c2ccnc3c(C(=O)c4cccs4)cnn23)c1. The Morgan fingerprint density at radius 3 is 2.60 bits per heavy atom. The lowest BCUT2D eigenvalue weighted by atomic mass is 9.95. The number of carbonyl (C=O) groups is 2. The molecule has 0 amide bonds. The first-order valence-corrected chi connectivity index (χ1v) is 10.2. The van der Waals surface area contributed by atoms with Crippen LogP contribution in [0.2, 0.25) is 0 Å². The fourth-order valence-electron chi connectivity index (χ4n) is 3.51. The second-order valence-corrected chi connectivity index (χ2v) is 7.67. The lowest BCUT2D eigenvalue weighted by Gasteiger charge is -2.12. The van der Waals surface area contributed by atoms with Gasteiger partial charge in [-0.15, -0.1) is 11.3 Å². The third kappa shape index (κ3) is 3.03. The van der Waals surface area contributed by atoms with Crippen molar-refractivity contribution in [2.45, 2.75) is 0 Å². The maximum absolute atomic E-state index is 12.9. The Bertz CT molecular complexity index is 1370. The van der Waals surface area contributed by atoms with E-state index in [-0.39, 0.29) is 5.78 Å². The number of hydrogen-bond acceptors (Lipinski definition) is 5. The van der Waals surface area contributed by atoms with Crippen LogP contribution in [0.25, 0.3) is 28.0 Å². The molecule has 3 aromatic heterocycles. The smallest absolute Gasteiger partial charge is 0.208 e. The second kappa shape index (κ2) is 7.50. The normalized spacial score (nSPS) is 10.9. The van der Waals surface area contributed by atoms with Crippen LogP contribution in [-0.2, 0) is 0 Å². The molecule has 5 nitrogen and oxygen atoms in total. The van der Waals surface area contributed by atoms with Crippen LogP contribution in [0.5, 0.6) is 0 Å². The molecular weight excluding hydrogens is 394 g/mol. The molecule has 0 aliphatic carbocycles. The number of aldehydes is 1. The molecule has 0 radical (unpaired) electrons. The third-order valence-corrected chi connectivity index (χ3v) is 5.80. The van der Waals surface area contributed by atoms with Crippen LogP contribution >= 0.6 is 11.3 Å². The van der Waals surface area contributed by atoms with Gasteiger partial charge in [-0.05, 0) is 34.7 Å². The Morgan fingerprint density at radius 2 is 1.83 bits per heavy atom. The lowest BCUT2D eigenvalue weighted by molar-refractivity contribution is 0.104. The van der Waals surface area contributed by atoms with Gasteiger partial charge >= 0.3 is 0 Å². The van der Waals surface area contributed by atoms with Gasteiger partial charge in [0.25, 0.3) is 0 Å². The molecule has 0 saturated carbocycles. The number of benzene rings is 2. The van der Waals surface area contributed by atoms with Gasteiger partial charge in [0, 0.05) is 17.3 Å². The summed E-state index contributed by atoms with van der Waals surface area (Å²) in [4.78, 5) is 29.4. The summed E-state index contributed by atoms with van der Waals surface area (Å²) < 4.78 is 1.66. The second-order valence-electron chi connectivity index (χ2n) is 6.72. The predicted octanol–water partition coefficient (Wildman–Crippen LogP) is 5.17. The summed E-state index contributed by atoms with van der Waals surface area (Å²) in [6.07, 6.45) is 4.05. The molecule has 5 aromatic rings. The minimum absolute atomic E-state index is 0.102. The number of aromatic nitrogens is 3. The summed E-state index contributed by atoms with van der Waals surface area (Å²) in [7, 11) is 0. The summed E-state index contributed by atoms with van der Waals surface area (Å²) in [5, 5.41) is 6.34. The summed E-state index contributed by atoms with van der Waals surface area (Å²) in [6, 6.07) is 21.0. The van der Waals surface area contributed by atoms with Gasteiger partial charge in [-0.1, -0.05) is 48.5 Å². The first-order valence-electron chi connectivity index (χ1n) is 9.32. The highest BCUT2D eigenvalue weighted by molar-refractivity contribution is 7.12. The van der Waals surface area contributed by atoms with Gasteiger partial charge in [-0.2, -0.15) is 5.10 Å². The first kappa shape index (κ1) is 18.1. The summed E-state index contributed by atoms with van der Waals surface area (Å²) in [6.45, 7) is 0. The Balaban J connectivity index is 1.73. The van der Waals surface area contributed by atoms with Crippen LogP contribution in [0.3, 0.4) is 0 Å². The fraction of sp³-hybridized carbons (Fsp3) is 0. The molecule has 2 aromatic carbocycles. The number of rotatable bonds is 5. The van der Waals surface area contributed by atoms with Gasteiger partial charge in [-0.25, -0.2) is 9.50 Å². The zero-order valence-electron chi connectivity index (χ0n) is 15.7. The van der Waals surface area contributed by atoms with Crippen molar-refractivity contribution in [1.29, 1.82) is 0 Å². The van der Waals surface area contributed by atoms with Crippen molar-refractivity contribution >= 4 is 29.1 Å². The van der Waals surface area contributed by atoms with Crippen molar-refractivity contribution in [1.82, 2.24) is 14.6 Å². The first-order chi connectivity index (χ1) is 14.8. The minimum Gasteiger partial charge on any atom is -0.298 e.